The Morgan fingerprint density at radius 3 is 2.67 bits per heavy atom. The largest absolute Gasteiger partial charge is 0.493 e. The van der Waals surface area contributed by atoms with Crippen molar-refractivity contribution in [2.45, 2.75) is 19.9 Å². The van der Waals surface area contributed by atoms with E-state index in [1.54, 1.807) is 6.92 Å². The van der Waals surface area contributed by atoms with Gasteiger partial charge in [0.1, 0.15) is 11.7 Å². The number of hydrogen-bond acceptors (Lipinski definition) is 3. The van der Waals surface area contributed by atoms with Gasteiger partial charge in [-0.2, -0.15) is 0 Å². The number of thiocarbonyl (C=S) groups is 1. The molecule has 0 spiro atoms. The van der Waals surface area contributed by atoms with E-state index in [0.29, 0.717) is 17.4 Å². The maximum absolute atomic E-state index is 12.0. The molecule has 5 nitrogen and oxygen atoms in total. The van der Waals surface area contributed by atoms with Crippen molar-refractivity contribution in [2.24, 2.45) is 16.6 Å². The number of nitrogens with one attached hydrogen (secondary N) is 1. The number of nitrogens with zero attached hydrogens (tertiary/aromatic N) is 1. The predicted octanol–water partition coefficient (Wildman–Crippen LogP) is 2.73. The number of primary amides is 1. The zero-order valence-corrected chi connectivity index (χ0v) is 14.4. The van der Waals surface area contributed by atoms with E-state index in [4.69, 9.17) is 22.7 Å². The summed E-state index contributed by atoms with van der Waals surface area (Å²) in [4.78, 5) is 16.2. The minimum atomic E-state index is -0.543. The highest BCUT2D eigenvalue weighted by atomic mass is 32.1. The Hall–Kier alpha value is -2.47. The van der Waals surface area contributed by atoms with Crippen LogP contribution in [0.1, 0.15) is 25.5 Å². The van der Waals surface area contributed by atoms with Gasteiger partial charge in [-0.25, -0.2) is 4.99 Å². The SMILES string of the molecule is CCOc1ccc(C2NC(=S)N=C(C)C2C(N)=O)c2ccccc12. The first kappa shape index (κ1) is 16.4. The van der Waals surface area contributed by atoms with Crippen molar-refractivity contribution >= 4 is 39.7 Å². The Morgan fingerprint density at radius 2 is 2.00 bits per heavy atom. The van der Waals surface area contributed by atoms with E-state index < -0.39 is 11.8 Å². The van der Waals surface area contributed by atoms with Crippen LogP contribution in [0.25, 0.3) is 10.8 Å². The number of hydrogen-bond donors (Lipinski definition) is 2. The lowest BCUT2D eigenvalue weighted by Crippen LogP contribution is -2.45. The van der Waals surface area contributed by atoms with Crippen LogP contribution in [0.4, 0.5) is 0 Å². The van der Waals surface area contributed by atoms with Crippen LogP contribution in [0.2, 0.25) is 0 Å². The molecule has 2 aromatic rings. The second-order valence-electron chi connectivity index (χ2n) is 5.69. The number of amides is 1. The molecule has 0 saturated heterocycles. The lowest BCUT2D eigenvalue weighted by Gasteiger charge is -2.31. The van der Waals surface area contributed by atoms with E-state index in [1.807, 2.05) is 43.3 Å². The van der Waals surface area contributed by atoms with Crippen LogP contribution in [-0.4, -0.2) is 23.3 Å². The van der Waals surface area contributed by atoms with Gasteiger partial charge in [0, 0.05) is 11.1 Å². The Morgan fingerprint density at radius 1 is 1.29 bits per heavy atom. The van der Waals surface area contributed by atoms with Gasteiger partial charge in [0.05, 0.1) is 12.6 Å². The lowest BCUT2D eigenvalue weighted by molar-refractivity contribution is -0.120. The van der Waals surface area contributed by atoms with E-state index in [9.17, 15) is 4.79 Å². The molecular weight excluding hydrogens is 322 g/mol. The Kier molecular flexibility index (Phi) is 4.49. The van der Waals surface area contributed by atoms with E-state index in [1.165, 1.54) is 0 Å². The third-order valence-electron chi connectivity index (χ3n) is 4.20. The number of rotatable bonds is 4. The summed E-state index contributed by atoms with van der Waals surface area (Å²) in [6.07, 6.45) is 0. The molecule has 2 atom stereocenters. The molecule has 1 aliphatic heterocycles. The molecule has 6 heteroatoms. The average molecular weight is 341 g/mol. The molecule has 124 valence electrons. The van der Waals surface area contributed by atoms with Crippen molar-refractivity contribution < 1.29 is 9.53 Å². The van der Waals surface area contributed by atoms with Gasteiger partial charge >= 0.3 is 0 Å². The standard InChI is InChI=1S/C18H19N3O2S/c1-3-23-14-9-8-13(11-6-4-5-7-12(11)14)16-15(17(19)22)10(2)20-18(24)21-16/h4-9,15-16H,3H2,1-2H3,(H2,19,22)(H,21,24). The Bertz CT molecular complexity index is 847. The van der Waals surface area contributed by atoms with Crippen LogP contribution in [0.15, 0.2) is 41.4 Å². The topological polar surface area (TPSA) is 76.7 Å². The summed E-state index contributed by atoms with van der Waals surface area (Å²) in [6, 6.07) is 11.5. The summed E-state index contributed by atoms with van der Waals surface area (Å²) >= 11 is 5.21. The number of nitrogens with two attached hydrogens (primary N) is 1. The normalized spacial score (nSPS) is 20.4. The predicted molar refractivity (Wildman–Crippen MR) is 99.4 cm³/mol. The van der Waals surface area contributed by atoms with Crippen molar-refractivity contribution in [1.82, 2.24) is 5.32 Å². The van der Waals surface area contributed by atoms with Gasteiger partial charge < -0.3 is 15.8 Å². The fourth-order valence-electron chi connectivity index (χ4n) is 3.19. The highest BCUT2D eigenvalue weighted by molar-refractivity contribution is 7.80. The van der Waals surface area contributed by atoms with E-state index in [2.05, 4.69) is 10.3 Å². The van der Waals surface area contributed by atoms with Crippen molar-refractivity contribution in [1.29, 1.82) is 0 Å². The van der Waals surface area contributed by atoms with Gasteiger partial charge in [-0.05, 0) is 43.1 Å². The molecule has 3 N–H and O–H groups in total. The van der Waals surface area contributed by atoms with Crippen LogP contribution in [-0.2, 0) is 4.79 Å². The summed E-state index contributed by atoms with van der Waals surface area (Å²) < 4.78 is 5.72. The number of fused-ring (bicyclic) bond motifs is 1. The first-order valence-electron chi connectivity index (χ1n) is 7.82. The van der Waals surface area contributed by atoms with Crippen LogP contribution < -0.4 is 15.8 Å². The first-order valence-corrected chi connectivity index (χ1v) is 8.23. The third kappa shape index (κ3) is 2.85. The van der Waals surface area contributed by atoms with E-state index in [-0.39, 0.29) is 6.04 Å². The molecule has 24 heavy (non-hydrogen) atoms. The third-order valence-corrected chi connectivity index (χ3v) is 4.41. The number of aliphatic imine (C=N–C) groups is 1. The number of carbonyl (C=O) groups excluding carboxylic acids is 1. The van der Waals surface area contributed by atoms with Crippen molar-refractivity contribution in [3.8, 4) is 5.75 Å². The number of benzene rings is 2. The smallest absolute Gasteiger partial charge is 0.228 e. The average Bonchev–Trinajstić information content (AvgIpc) is 2.54. The molecule has 1 amide bonds. The second-order valence-corrected chi connectivity index (χ2v) is 6.08. The summed E-state index contributed by atoms with van der Waals surface area (Å²) in [7, 11) is 0. The molecule has 0 saturated carbocycles. The van der Waals surface area contributed by atoms with Crippen LogP contribution in [0.3, 0.4) is 0 Å². The maximum Gasteiger partial charge on any atom is 0.228 e. The van der Waals surface area contributed by atoms with Gasteiger partial charge in [0.15, 0.2) is 5.11 Å². The molecule has 1 aliphatic rings. The fourth-order valence-corrected chi connectivity index (χ4v) is 3.47. The van der Waals surface area contributed by atoms with Crippen molar-refractivity contribution in [3.05, 3.63) is 42.0 Å². The lowest BCUT2D eigenvalue weighted by atomic mass is 9.85. The zero-order valence-electron chi connectivity index (χ0n) is 13.6. The van der Waals surface area contributed by atoms with Gasteiger partial charge in [-0.15, -0.1) is 0 Å². The molecule has 2 aromatic carbocycles. The highest BCUT2D eigenvalue weighted by Crippen LogP contribution is 2.36. The van der Waals surface area contributed by atoms with E-state index >= 15 is 0 Å². The van der Waals surface area contributed by atoms with Crippen LogP contribution >= 0.6 is 12.2 Å². The second kappa shape index (κ2) is 6.57. The van der Waals surface area contributed by atoms with Crippen molar-refractivity contribution in [2.75, 3.05) is 6.61 Å². The molecule has 2 unspecified atom stereocenters. The monoisotopic (exact) mass is 341 g/mol. The van der Waals surface area contributed by atoms with Crippen LogP contribution in [0.5, 0.6) is 5.75 Å². The number of ether oxygens (including phenoxy) is 1. The first-order chi connectivity index (χ1) is 11.5. The minimum absolute atomic E-state index is 0.340. The highest BCUT2D eigenvalue weighted by Gasteiger charge is 2.35. The Labute approximate surface area is 145 Å². The Balaban J connectivity index is 2.18. The summed E-state index contributed by atoms with van der Waals surface area (Å²) in [6.45, 7) is 4.32. The van der Waals surface area contributed by atoms with Crippen molar-refractivity contribution in [3.63, 3.8) is 0 Å². The van der Waals surface area contributed by atoms with Gasteiger partial charge in [-0.3, -0.25) is 4.79 Å². The summed E-state index contributed by atoms with van der Waals surface area (Å²) in [5.41, 5.74) is 7.21. The van der Waals surface area contributed by atoms with E-state index in [0.717, 1.165) is 22.1 Å². The molecule has 0 aliphatic carbocycles. The van der Waals surface area contributed by atoms with Gasteiger partial charge in [-0.1, -0.05) is 30.3 Å². The molecule has 0 radical (unpaired) electrons. The van der Waals surface area contributed by atoms with Gasteiger partial charge in [0.2, 0.25) is 5.91 Å². The van der Waals surface area contributed by atoms with Gasteiger partial charge in [0.25, 0.3) is 0 Å². The van der Waals surface area contributed by atoms with Crippen LogP contribution in [0, 0.1) is 5.92 Å². The zero-order chi connectivity index (χ0) is 17.3. The minimum Gasteiger partial charge on any atom is -0.493 e. The number of carbonyl (C=O) groups is 1. The maximum atomic E-state index is 12.0. The summed E-state index contributed by atoms with van der Waals surface area (Å²) in [5, 5.41) is 5.51. The molecule has 3 rings (SSSR count). The summed E-state index contributed by atoms with van der Waals surface area (Å²) in [5.74, 6) is -0.150. The molecule has 0 bridgehead atoms. The molecule has 1 heterocycles. The molecule has 0 fully saturated rings. The quantitative estimate of drug-likeness (QED) is 0.839. The fraction of sp³-hybridized carbons (Fsp3) is 0.278. The molecular formula is C18H19N3O2S. The molecule has 0 aromatic heterocycles.